The maximum Gasteiger partial charge on any atom is 0.122 e. The molecule has 3 heteroatoms. The molecule has 0 heterocycles. The van der Waals surface area contributed by atoms with Crippen LogP contribution in [0, 0.1) is 6.92 Å². The first kappa shape index (κ1) is 15.0. The highest BCUT2D eigenvalue weighted by Gasteiger charge is 2.00. The van der Waals surface area contributed by atoms with Crippen LogP contribution in [0.2, 0.25) is 0 Å². The van der Waals surface area contributed by atoms with Gasteiger partial charge in [0.05, 0.1) is 6.61 Å². The van der Waals surface area contributed by atoms with Gasteiger partial charge < -0.3 is 15.2 Å². The first-order valence-electron chi connectivity index (χ1n) is 6.81. The number of aliphatic hydroxyl groups is 1. The van der Waals surface area contributed by atoms with Crippen LogP contribution in [0.4, 0.5) is 0 Å². The van der Waals surface area contributed by atoms with Crippen molar-refractivity contribution in [3.8, 4) is 5.75 Å². The molecule has 0 radical (unpaired) electrons. The molecule has 0 fully saturated rings. The summed E-state index contributed by atoms with van der Waals surface area (Å²) in [6.45, 7) is 7.06. The van der Waals surface area contributed by atoms with Gasteiger partial charge in [0.1, 0.15) is 5.75 Å². The van der Waals surface area contributed by atoms with Gasteiger partial charge in [-0.25, -0.2) is 0 Å². The Bertz CT molecular complexity index is 339. The molecule has 1 aromatic rings. The summed E-state index contributed by atoms with van der Waals surface area (Å²) in [4.78, 5) is 0. The van der Waals surface area contributed by atoms with Crippen molar-refractivity contribution in [2.45, 2.75) is 33.1 Å². The molecule has 0 bridgehead atoms. The third-order valence-electron chi connectivity index (χ3n) is 2.89. The van der Waals surface area contributed by atoms with E-state index >= 15 is 0 Å². The molecule has 0 spiro atoms. The van der Waals surface area contributed by atoms with E-state index in [9.17, 15) is 0 Å². The minimum atomic E-state index is 0.291. The van der Waals surface area contributed by atoms with E-state index in [0.29, 0.717) is 13.2 Å². The second-order valence-electron chi connectivity index (χ2n) is 4.46. The number of nitrogens with one attached hydrogen (secondary N) is 1. The number of unbranched alkanes of at least 4 members (excludes halogenated alkanes) is 1. The average Bonchev–Trinajstić information content (AvgIpc) is 2.37. The van der Waals surface area contributed by atoms with Gasteiger partial charge in [-0.3, -0.25) is 0 Å². The molecule has 0 aliphatic rings. The molecule has 1 aromatic carbocycles. The molecule has 2 N–H and O–H groups in total. The third-order valence-corrected chi connectivity index (χ3v) is 2.89. The van der Waals surface area contributed by atoms with Crippen molar-refractivity contribution in [2.75, 3.05) is 26.3 Å². The number of hydrogen-bond donors (Lipinski definition) is 2. The summed E-state index contributed by atoms with van der Waals surface area (Å²) in [5.41, 5.74) is 2.54. The van der Waals surface area contributed by atoms with E-state index in [1.807, 2.05) is 6.92 Å². The molecule has 0 aromatic heterocycles. The van der Waals surface area contributed by atoms with Gasteiger partial charge in [-0.15, -0.1) is 0 Å². The Balaban J connectivity index is 2.28. The molecule has 0 saturated carbocycles. The van der Waals surface area contributed by atoms with Crippen molar-refractivity contribution < 1.29 is 9.84 Å². The van der Waals surface area contributed by atoms with Crippen LogP contribution in [0.25, 0.3) is 0 Å². The monoisotopic (exact) mass is 251 g/mol. The molecule has 102 valence electrons. The Morgan fingerprint density at radius 1 is 1.22 bits per heavy atom. The molecule has 0 amide bonds. The van der Waals surface area contributed by atoms with Gasteiger partial charge in [-0.2, -0.15) is 0 Å². The molecule has 18 heavy (non-hydrogen) atoms. The molecular weight excluding hydrogens is 226 g/mol. The molecule has 0 aliphatic heterocycles. The first-order valence-corrected chi connectivity index (χ1v) is 6.81. The van der Waals surface area contributed by atoms with Gasteiger partial charge >= 0.3 is 0 Å². The predicted octanol–water partition coefficient (Wildman–Crippen LogP) is 2.30. The van der Waals surface area contributed by atoms with Crippen LogP contribution in [0.1, 0.15) is 30.9 Å². The van der Waals surface area contributed by atoms with E-state index in [1.54, 1.807) is 0 Å². The van der Waals surface area contributed by atoms with Crippen molar-refractivity contribution >= 4 is 0 Å². The van der Waals surface area contributed by atoms with Gasteiger partial charge in [-0.05, 0) is 63.4 Å². The maximum absolute atomic E-state index is 8.66. The van der Waals surface area contributed by atoms with Crippen LogP contribution in [0.15, 0.2) is 18.2 Å². The van der Waals surface area contributed by atoms with E-state index in [1.165, 1.54) is 11.1 Å². The number of aryl methyl sites for hydroxylation is 1. The van der Waals surface area contributed by atoms with Crippen molar-refractivity contribution in [3.05, 3.63) is 29.3 Å². The fourth-order valence-electron chi connectivity index (χ4n) is 1.90. The van der Waals surface area contributed by atoms with Gasteiger partial charge in [0.2, 0.25) is 0 Å². The van der Waals surface area contributed by atoms with Crippen LogP contribution in [-0.4, -0.2) is 31.4 Å². The standard InChI is InChI=1S/C15H25NO2/c1-3-18-15-7-6-14(12-13(15)2)8-10-16-9-4-5-11-17/h6-7,12,16-17H,3-5,8-11H2,1-2H3. The summed E-state index contributed by atoms with van der Waals surface area (Å²) < 4.78 is 5.52. The summed E-state index contributed by atoms with van der Waals surface area (Å²) in [5.74, 6) is 0.983. The number of ether oxygens (including phenoxy) is 1. The molecule has 1 rings (SSSR count). The lowest BCUT2D eigenvalue weighted by atomic mass is 10.1. The summed E-state index contributed by atoms with van der Waals surface area (Å²) in [6.07, 6.45) is 2.96. The Morgan fingerprint density at radius 3 is 2.72 bits per heavy atom. The molecule has 0 saturated heterocycles. The molecular formula is C15H25NO2. The fraction of sp³-hybridized carbons (Fsp3) is 0.600. The Labute approximate surface area is 110 Å². The predicted molar refractivity (Wildman–Crippen MR) is 75.2 cm³/mol. The van der Waals surface area contributed by atoms with E-state index in [2.05, 4.69) is 30.4 Å². The second-order valence-corrected chi connectivity index (χ2v) is 4.46. The summed E-state index contributed by atoms with van der Waals surface area (Å²) in [7, 11) is 0. The fourth-order valence-corrected chi connectivity index (χ4v) is 1.90. The molecule has 0 aliphatic carbocycles. The van der Waals surface area contributed by atoms with E-state index in [-0.39, 0.29) is 0 Å². The largest absolute Gasteiger partial charge is 0.494 e. The maximum atomic E-state index is 8.66. The average molecular weight is 251 g/mol. The Hall–Kier alpha value is -1.06. The summed E-state index contributed by atoms with van der Waals surface area (Å²) >= 11 is 0. The lowest BCUT2D eigenvalue weighted by molar-refractivity contribution is 0.284. The van der Waals surface area contributed by atoms with E-state index in [0.717, 1.165) is 38.1 Å². The van der Waals surface area contributed by atoms with Crippen LogP contribution >= 0.6 is 0 Å². The number of benzene rings is 1. The summed E-state index contributed by atoms with van der Waals surface area (Å²) in [6, 6.07) is 6.38. The van der Waals surface area contributed by atoms with Gasteiger partial charge in [0.15, 0.2) is 0 Å². The third kappa shape index (κ3) is 5.52. The lowest BCUT2D eigenvalue weighted by Gasteiger charge is -2.09. The Morgan fingerprint density at radius 2 is 2.06 bits per heavy atom. The van der Waals surface area contributed by atoms with Crippen LogP contribution < -0.4 is 10.1 Å². The topological polar surface area (TPSA) is 41.5 Å². The minimum absolute atomic E-state index is 0.291. The van der Waals surface area contributed by atoms with Gasteiger partial charge in [0.25, 0.3) is 0 Å². The highest BCUT2D eigenvalue weighted by molar-refractivity contribution is 5.36. The quantitative estimate of drug-likeness (QED) is 0.662. The number of rotatable bonds is 9. The zero-order valence-corrected chi connectivity index (χ0v) is 11.5. The SMILES string of the molecule is CCOc1ccc(CCNCCCCO)cc1C. The van der Waals surface area contributed by atoms with E-state index in [4.69, 9.17) is 9.84 Å². The second kappa shape index (κ2) is 8.95. The number of hydrogen-bond acceptors (Lipinski definition) is 3. The van der Waals surface area contributed by atoms with Crippen LogP contribution in [0.5, 0.6) is 5.75 Å². The normalized spacial score (nSPS) is 10.6. The van der Waals surface area contributed by atoms with Gasteiger partial charge in [0, 0.05) is 6.61 Å². The van der Waals surface area contributed by atoms with Crippen molar-refractivity contribution in [1.29, 1.82) is 0 Å². The summed E-state index contributed by atoms with van der Waals surface area (Å²) in [5, 5.41) is 12.0. The van der Waals surface area contributed by atoms with E-state index < -0.39 is 0 Å². The zero-order valence-electron chi connectivity index (χ0n) is 11.5. The van der Waals surface area contributed by atoms with Gasteiger partial charge in [-0.1, -0.05) is 12.1 Å². The highest BCUT2D eigenvalue weighted by Crippen LogP contribution is 2.19. The molecule has 3 nitrogen and oxygen atoms in total. The zero-order chi connectivity index (χ0) is 13.2. The number of aliphatic hydroxyl groups excluding tert-OH is 1. The van der Waals surface area contributed by atoms with Crippen molar-refractivity contribution in [3.63, 3.8) is 0 Å². The van der Waals surface area contributed by atoms with Crippen molar-refractivity contribution in [2.24, 2.45) is 0 Å². The smallest absolute Gasteiger partial charge is 0.122 e. The highest BCUT2D eigenvalue weighted by atomic mass is 16.5. The lowest BCUT2D eigenvalue weighted by Crippen LogP contribution is -2.18. The van der Waals surface area contributed by atoms with Crippen LogP contribution in [-0.2, 0) is 6.42 Å². The Kier molecular flexibility index (Phi) is 7.46. The minimum Gasteiger partial charge on any atom is -0.494 e. The van der Waals surface area contributed by atoms with Crippen molar-refractivity contribution in [1.82, 2.24) is 5.32 Å². The van der Waals surface area contributed by atoms with Crippen LogP contribution in [0.3, 0.4) is 0 Å². The first-order chi connectivity index (χ1) is 8.77. The molecule has 0 unspecified atom stereocenters. The molecule has 0 atom stereocenters.